The summed E-state index contributed by atoms with van der Waals surface area (Å²) in [4.78, 5) is 34.2. The van der Waals surface area contributed by atoms with E-state index in [0.29, 0.717) is 30.5 Å². The van der Waals surface area contributed by atoms with Gasteiger partial charge in [0.15, 0.2) is 0 Å². The van der Waals surface area contributed by atoms with E-state index < -0.39 is 6.09 Å². The van der Waals surface area contributed by atoms with E-state index in [0.717, 1.165) is 57.9 Å². The molecular weight excluding hydrogens is 424 g/mol. The van der Waals surface area contributed by atoms with E-state index in [2.05, 4.69) is 15.6 Å². The van der Waals surface area contributed by atoms with Gasteiger partial charge >= 0.3 is 6.09 Å². The lowest BCUT2D eigenvalue weighted by Gasteiger charge is -2.28. The molecule has 0 saturated heterocycles. The highest BCUT2D eigenvalue weighted by Crippen LogP contribution is 2.32. The lowest BCUT2D eigenvalue weighted by atomic mass is 9.82. The molecule has 4 rings (SSSR count). The fourth-order valence-corrected chi connectivity index (χ4v) is 5.33. The van der Waals surface area contributed by atoms with Gasteiger partial charge in [0.05, 0.1) is 32.4 Å². The number of nitrogens with zero attached hydrogens (tertiary/aromatic N) is 2. The number of amides is 2. The van der Waals surface area contributed by atoms with Crippen molar-refractivity contribution < 1.29 is 14.7 Å². The number of aromatic nitrogens is 2. The molecule has 1 fully saturated rings. The Morgan fingerprint density at radius 1 is 1.03 bits per heavy atom. The summed E-state index contributed by atoms with van der Waals surface area (Å²) in [5.41, 5.74) is 3.14. The molecule has 0 aliphatic heterocycles. The Hall–Kier alpha value is -3.00. The van der Waals surface area contributed by atoms with Crippen molar-refractivity contribution in [2.24, 2.45) is 11.8 Å². The molecule has 168 valence electrons. The van der Waals surface area contributed by atoms with Gasteiger partial charge in [0.1, 0.15) is 0 Å². The van der Waals surface area contributed by atoms with Crippen LogP contribution in [0.3, 0.4) is 0 Å². The van der Waals surface area contributed by atoms with E-state index in [1.165, 1.54) is 0 Å². The van der Waals surface area contributed by atoms with E-state index >= 15 is 0 Å². The maximum atomic E-state index is 13.2. The molecule has 1 aromatic carbocycles. The predicted octanol–water partition coefficient (Wildman–Crippen LogP) is 4.78. The second-order valence-corrected chi connectivity index (χ2v) is 9.71. The van der Waals surface area contributed by atoms with Crippen LogP contribution in [-0.2, 0) is 0 Å². The highest BCUT2D eigenvalue weighted by molar-refractivity contribution is 7.15. The summed E-state index contributed by atoms with van der Waals surface area (Å²) in [6.45, 7) is 5.08. The summed E-state index contributed by atoms with van der Waals surface area (Å²) < 4.78 is 0. The molecule has 3 N–H and O–H groups in total. The van der Waals surface area contributed by atoms with Gasteiger partial charge in [-0.15, -0.1) is 11.3 Å². The minimum Gasteiger partial charge on any atom is -0.465 e. The number of nitrogens with one attached hydrogen (secondary N) is 2. The highest BCUT2D eigenvalue weighted by Gasteiger charge is 2.23. The molecule has 3 aromatic rings. The van der Waals surface area contributed by atoms with Crippen LogP contribution in [-0.4, -0.2) is 40.2 Å². The smallest absolute Gasteiger partial charge is 0.404 e. The van der Waals surface area contributed by atoms with E-state index in [9.17, 15) is 9.59 Å². The van der Waals surface area contributed by atoms with Gasteiger partial charge in [0, 0.05) is 18.5 Å². The maximum Gasteiger partial charge on any atom is 0.404 e. The molecule has 32 heavy (non-hydrogen) atoms. The number of carbonyl (C=O) groups is 2. The van der Waals surface area contributed by atoms with Crippen LogP contribution in [0, 0.1) is 25.7 Å². The number of carboxylic acid groups (broad SMARTS) is 1. The van der Waals surface area contributed by atoms with Crippen LogP contribution in [0.5, 0.6) is 0 Å². The van der Waals surface area contributed by atoms with E-state index in [-0.39, 0.29) is 5.91 Å². The monoisotopic (exact) mass is 452 g/mol. The Bertz CT molecular complexity index is 1140. The molecule has 1 aliphatic rings. The van der Waals surface area contributed by atoms with Crippen molar-refractivity contribution in [2.75, 3.05) is 13.1 Å². The third kappa shape index (κ3) is 5.07. The fourth-order valence-electron chi connectivity index (χ4n) is 4.45. The molecule has 0 radical (unpaired) electrons. The Labute approximate surface area is 191 Å². The summed E-state index contributed by atoms with van der Waals surface area (Å²) in [7, 11) is 0. The molecule has 7 nitrogen and oxygen atoms in total. The number of hydrogen-bond donors (Lipinski definition) is 3. The first-order valence-corrected chi connectivity index (χ1v) is 11.8. The first-order chi connectivity index (χ1) is 15.4. The Balaban J connectivity index is 1.47. The van der Waals surface area contributed by atoms with E-state index in [1.54, 1.807) is 11.3 Å². The summed E-state index contributed by atoms with van der Waals surface area (Å²) in [5.74, 6) is 0.716. The lowest BCUT2D eigenvalue weighted by Crippen LogP contribution is -2.34. The number of fused-ring (bicyclic) bond motifs is 1. The first kappa shape index (κ1) is 22.2. The normalized spacial score (nSPS) is 18.4. The molecule has 8 heteroatoms. The Morgan fingerprint density at radius 2 is 1.69 bits per heavy atom. The minimum atomic E-state index is -0.966. The van der Waals surface area contributed by atoms with Crippen molar-refractivity contribution in [3.63, 3.8) is 0 Å². The zero-order valence-corrected chi connectivity index (χ0v) is 19.2. The van der Waals surface area contributed by atoms with Crippen molar-refractivity contribution in [1.82, 2.24) is 20.6 Å². The predicted molar refractivity (Wildman–Crippen MR) is 126 cm³/mol. The zero-order valence-electron chi connectivity index (χ0n) is 18.4. The first-order valence-electron chi connectivity index (χ1n) is 11.0. The summed E-state index contributed by atoms with van der Waals surface area (Å²) in [6.07, 6.45) is 2.98. The van der Waals surface area contributed by atoms with Crippen LogP contribution < -0.4 is 10.6 Å². The average molecular weight is 453 g/mol. The molecule has 0 unspecified atom stereocenters. The quantitative estimate of drug-likeness (QED) is 0.499. The van der Waals surface area contributed by atoms with Crippen molar-refractivity contribution in [2.45, 2.75) is 39.5 Å². The van der Waals surface area contributed by atoms with E-state index in [1.807, 2.05) is 44.2 Å². The number of benzene rings is 1. The molecular formula is C24H28N4O3S. The van der Waals surface area contributed by atoms with Crippen LogP contribution >= 0.6 is 11.3 Å². The van der Waals surface area contributed by atoms with Gasteiger partial charge in [-0.05, 0) is 63.5 Å². The van der Waals surface area contributed by atoms with Crippen molar-refractivity contribution >= 4 is 34.2 Å². The SMILES string of the molecule is Cc1nc(C)c(-c2cc(C(=O)NCC3CCC(CNC(=O)O)CC3)c3ccccc3n2)s1. The van der Waals surface area contributed by atoms with Crippen LogP contribution in [0.15, 0.2) is 30.3 Å². The van der Waals surface area contributed by atoms with Crippen molar-refractivity contribution in [3.8, 4) is 10.6 Å². The standard InChI is InChI=1S/C24H28N4O3S/c1-14-22(32-15(2)27-14)21-11-19(18-5-3-4-6-20(18)28-21)23(29)25-12-16-7-9-17(10-8-16)13-26-24(30)31/h3-6,11,16-17,26H,7-10,12-13H2,1-2H3,(H,25,29)(H,30,31). The minimum absolute atomic E-state index is 0.0848. The largest absolute Gasteiger partial charge is 0.465 e. The van der Waals surface area contributed by atoms with Gasteiger partial charge in [0.25, 0.3) is 5.91 Å². The van der Waals surface area contributed by atoms with Gasteiger partial charge < -0.3 is 15.7 Å². The number of carbonyl (C=O) groups excluding carboxylic acids is 1. The molecule has 2 aromatic heterocycles. The van der Waals surface area contributed by atoms with Crippen LogP contribution in [0.25, 0.3) is 21.5 Å². The molecule has 2 amide bonds. The second-order valence-electron chi connectivity index (χ2n) is 8.50. The van der Waals surface area contributed by atoms with Gasteiger partial charge in [-0.3, -0.25) is 4.79 Å². The molecule has 2 heterocycles. The average Bonchev–Trinajstić information content (AvgIpc) is 3.13. The third-order valence-corrected chi connectivity index (χ3v) is 7.25. The number of hydrogen-bond acceptors (Lipinski definition) is 5. The van der Waals surface area contributed by atoms with Crippen molar-refractivity contribution in [1.29, 1.82) is 0 Å². The summed E-state index contributed by atoms with van der Waals surface area (Å²) >= 11 is 1.59. The highest BCUT2D eigenvalue weighted by atomic mass is 32.1. The molecule has 0 spiro atoms. The fraction of sp³-hybridized carbons (Fsp3) is 0.417. The topological polar surface area (TPSA) is 104 Å². The third-order valence-electron chi connectivity index (χ3n) is 6.16. The Morgan fingerprint density at radius 3 is 2.31 bits per heavy atom. The number of thiazole rings is 1. The second kappa shape index (κ2) is 9.65. The van der Waals surface area contributed by atoms with Crippen LogP contribution in [0.2, 0.25) is 0 Å². The molecule has 0 atom stereocenters. The molecule has 1 aliphatic carbocycles. The van der Waals surface area contributed by atoms with Crippen LogP contribution in [0.4, 0.5) is 4.79 Å². The molecule has 0 bridgehead atoms. The van der Waals surface area contributed by atoms with Gasteiger partial charge in [0.2, 0.25) is 0 Å². The van der Waals surface area contributed by atoms with Crippen LogP contribution in [0.1, 0.15) is 46.7 Å². The maximum absolute atomic E-state index is 13.2. The number of rotatable bonds is 6. The number of para-hydroxylation sites is 1. The van der Waals surface area contributed by atoms with Gasteiger partial charge in [-0.2, -0.15) is 0 Å². The van der Waals surface area contributed by atoms with Gasteiger partial charge in [-0.1, -0.05) is 18.2 Å². The lowest BCUT2D eigenvalue weighted by molar-refractivity contribution is 0.0942. The summed E-state index contributed by atoms with van der Waals surface area (Å²) in [5, 5.41) is 16.2. The van der Waals surface area contributed by atoms with Gasteiger partial charge in [-0.25, -0.2) is 14.8 Å². The number of pyridine rings is 1. The summed E-state index contributed by atoms with van der Waals surface area (Å²) in [6, 6.07) is 9.61. The molecule has 1 saturated carbocycles. The number of aryl methyl sites for hydroxylation is 2. The zero-order chi connectivity index (χ0) is 22.7. The Kier molecular flexibility index (Phi) is 6.69. The van der Waals surface area contributed by atoms with Crippen molar-refractivity contribution in [3.05, 3.63) is 46.6 Å². The van der Waals surface area contributed by atoms with E-state index in [4.69, 9.17) is 10.1 Å².